The Hall–Kier alpha value is -1.15. The zero-order valence-corrected chi connectivity index (χ0v) is 11.4. The predicted molar refractivity (Wildman–Crippen MR) is 74.9 cm³/mol. The molecule has 1 rings (SSSR count). The van der Waals surface area contributed by atoms with Crippen molar-refractivity contribution in [1.82, 2.24) is 0 Å². The van der Waals surface area contributed by atoms with Gasteiger partial charge >= 0.3 is 0 Å². The second kappa shape index (κ2) is 9.84. The van der Waals surface area contributed by atoms with Crippen LogP contribution in [0.5, 0.6) is 0 Å². The highest BCUT2D eigenvalue weighted by Gasteiger charge is 1.95. The first-order valence-corrected chi connectivity index (χ1v) is 6.98. The largest absolute Gasteiger partial charge is 0.377 e. The van der Waals surface area contributed by atoms with Gasteiger partial charge in [-0.25, -0.2) is 0 Å². The van der Waals surface area contributed by atoms with E-state index in [0.29, 0.717) is 6.61 Å². The highest BCUT2D eigenvalue weighted by Crippen LogP contribution is 2.07. The molecule has 0 aliphatic heterocycles. The molecule has 0 radical (unpaired) electrons. The summed E-state index contributed by atoms with van der Waals surface area (Å²) < 4.78 is 5.61. The van der Waals surface area contributed by atoms with Crippen LogP contribution in [0.2, 0.25) is 0 Å². The van der Waals surface area contributed by atoms with Crippen molar-refractivity contribution in [2.45, 2.75) is 52.1 Å². The van der Waals surface area contributed by atoms with Crippen molar-refractivity contribution in [3.63, 3.8) is 0 Å². The molecule has 2 heteroatoms. The molecule has 0 saturated carbocycles. The van der Waals surface area contributed by atoms with E-state index in [0.717, 1.165) is 30.4 Å². The summed E-state index contributed by atoms with van der Waals surface area (Å²) in [6.45, 7) is 3.72. The fraction of sp³-hybridized carbons (Fsp3) is 0.562. The molecule has 0 N–H and O–H groups in total. The molecule has 0 atom stereocenters. The van der Waals surface area contributed by atoms with E-state index in [1.54, 1.807) is 0 Å². The molecule has 18 heavy (non-hydrogen) atoms. The van der Waals surface area contributed by atoms with Crippen LogP contribution in [-0.4, -0.2) is 12.9 Å². The lowest BCUT2D eigenvalue weighted by molar-refractivity contribution is 0.112. The van der Waals surface area contributed by atoms with E-state index in [9.17, 15) is 4.79 Å². The molecule has 0 spiro atoms. The lowest BCUT2D eigenvalue weighted by atomic mass is 10.1. The Morgan fingerprint density at radius 1 is 1.00 bits per heavy atom. The molecule has 0 aromatic heterocycles. The van der Waals surface area contributed by atoms with Crippen molar-refractivity contribution in [1.29, 1.82) is 0 Å². The maximum atomic E-state index is 10.5. The number of carbonyl (C=O) groups excluding carboxylic acids is 1. The Morgan fingerprint density at radius 3 is 2.33 bits per heavy atom. The Morgan fingerprint density at radius 2 is 1.67 bits per heavy atom. The van der Waals surface area contributed by atoms with E-state index >= 15 is 0 Å². The first-order chi connectivity index (χ1) is 8.86. The summed E-state index contributed by atoms with van der Waals surface area (Å²) >= 11 is 0. The van der Waals surface area contributed by atoms with E-state index in [-0.39, 0.29) is 0 Å². The zero-order chi connectivity index (χ0) is 13.1. The van der Waals surface area contributed by atoms with Gasteiger partial charge in [0.2, 0.25) is 0 Å². The monoisotopic (exact) mass is 248 g/mol. The van der Waals surface area contributed by atoms with Crippen LogP contribution in [0.4, 0.5) is 0 Å². The zero-order valence-electron chi connectivity index (χ0n) is 11.4. The van der Waals surface area contributed by atoms with Crippen molar-refractivity contribution in [2.75, 3.05) is 6.61 Å². The minimum atomic E-state index is 0.647. The van der Waals surface area contributed by atoms with Crippen LogP contribution in [0.15, 0.2) is 24.3 Å². The van der Waals surface area contributed by atoms with E-state index in [1.807, 2.05) is 24.3 Å². The average Bonchev–Trinajstić information content (AvgIpc) is 2.42. The van der Waals surface area contributed by atoms with Gasteiger partial charge in [-0.3, -0.25) is 4.79 Å². The lowest BCUT2D eigenvalue weighted by Crippen LogP contribution is -1.96. The highest BCUT2D eigenvalue weighted by atomic mass is 16.5. The molecule has 0 aliphatic rings. The molecule has 0 aliphatic carbocycles. The topological polar surface area (TPSA) is 26.3 Å². The van der Waals surface area contributed by atoms with Crippen LogP contribution >= 0.6 is 0 Å². The normalized spacial score (nSPS) is 10.5. The Kier molecular flexibility index (Phi) is 8.15. The fourth-order valence-corrected chi connectivity index (χ4v) is 1.87. The van der Waals surface area contributed by atoms with Crippen molar-refractivity contribution >= 4 is 6.29 Å². The molecule has 0 amide bonds. The maximum Gasteiger partial charge on any atom is 0.150 e. The van der Waals surface area contributed by atoms with Gasteiger partial charge in [0, 0.05) is 12.2 Å². The van der Waals surface area contributed by atoms with Crippen LogP contribution in [-0.2, 0) is 11.3 Å². The van der Waals surface area contributed by atoms with E-state index < -0.39 is 0 Å². The Bertz CT molecular complexity index is 316. The van der Waals surface area contributed by atoms with Gasteiger partial charge < -0.3 is 4.74 Å². The van der Waals surface area contributed by atoms with E-state index in [1.165, 1.54) is 32.1 Å². The van der Waals surface area contributed by atoms with Crippen LogP contribution in [0.1, 0.15) is 61.4 Å². The number of unbranched alkanes of at least 4 members (excludes halogenated alkanes) is 5. The first-order valence-electron chi connectivity index (χ1n) is 6.98. The molecule has 100 valence electrons. The molecule has 0 heterocycles. The van der Waals surface area contributed by atoms with Gasteiger partial charge in [0.15, 0.2) is 0 Å². The minimum Gasteiger partial charge on any atom is -0.377 e. The first kappa shape index (κ1) is 14.9. The fourth-order valence-electron chi connectivity index (χ4n) is 1.87. The van der Waals surface area contributed by atoms with Gasteiger partial charge in [0.25, 0.3) is 0 Å². The summed E-state index contributed by atoms with van der Waals surface area (Å²) in [4.78, 5) is 10.5. The molecule has 1 aromatic rings. The van der Waals surface area contributed by atoms with Gasteiger partial charge in [-0.15, -0.1) is 0 Å². The van der Waals surface area contributed by atoms with Gasteiger partial charge in [-0.05, 0) is 12.0 Å². The molecule has 0 fully saturated rings. The summed E-state index contributed by atoms with van der Waals surface area (Å²) in [6, 6.07) is 7.56. The van der Waals surface area contributed by atoms with E-state index in [4.69, 9.17) is 4.74 Å². The van der Waals surface area contributed by atoms with Gasteiger partial charge in [-0.1, -0.05) is 63.3 Å². The van der Waals surface area contributed by atoms with Crippen LogP contribution in [0.25, 0.3) is 0 Å². The summed E-state index contributed by atoms with van der Waals surface area (Å²) in [7, 11) is 0. The molecular formula is C16H24O2. The van der Waals surface area contributed by atoms with Crippen LogP contribution in [0, 0.1) is 0 Å². The summed E-state index contributed by atoms with van der Waals surface area (Å²) in [6.07, 6.45) is 8.60. The van der Waals surface area contributed by atoms with Crippen molar-refractivity contribution in [3.8, 4) is 0 Å². The molecule has 1 aromatic carbocycles. The van der Waals surface area contributed by atoms with Gasteiger partial charge in [0.05, 0.1) is 6.61 Å². The number of hydrogen-bond donors (Lipinski definition) is 0. The number of hydrogen-bond acceptors (Lipinski definition) is 2. The quantitative estimate of drug-likeness (QED) is 0.454. The van der Waals surface area contributed by atoms with Crippen LogP contribution < -0.4 is 0 Å². The maximum absolute atomic E-state index is 10.5. The number of ether oxygens (including phenoxy) is 1. The average molecular weight is 248 g/mol. The van der Waals surface area contributed by atoms with Crippen molar-refractivity contribution in [2.24, 2.45) is 0 Å². The molecule has 0 bridgehead atoms. The third-order valence-electron chi connectivity index (χ3n) is 3.03. The summed E-state index contributed by atoms with van der Waals surface area (Å²) in [5.74, 6) is 0. The number of benzene rings is 1. The highest BCUT2D eigenvalue weighted by molar-refractivity contribution is 5.74. The van der Waals surface area contributed by atoms with E-state index in [2.05, 4.69) is 6.92 Å². The number of carbonyl (C=O) groups is 1. The molecular weight excluding hydrogens is 224 g/mol. The third-order valence-corrected chi connectivity index (χ3v) is 3.03. The summed E-state index contributed by atoms with van der Waals surface area (Å²) in [5.41, 5.74) is 1.85. The Labute approximate surface area is 110 Å². The number of rotatable bonds is 10. The molecule has 2 nitrogen and oxygen atoms in total. The third kappa shape index (κ3) is 6.55. The summed E-state index contributed by atoms with van der Waals surface area (Å²) in [5, 5.41) is 0. The van der Waals surface area contributed by atoms with Crippen LogP contribution in [0.3, 0.4) is 0 Å². The smallest absolute Gasteiger partial charge is 0.150 e. The van der Waals surface area contributed by atoms with Crippen molar-refractivity contribution in [3.05, 3.63) is 35.4 Å². The molecule has 0 saturated heterocycles. The van der Waals surface area contributed by atoms with Gasteiger partial charge in [0.1, 0.15) is 6.29 Å². The lowest BCUT2D eigenvalue weighted by Gasteiger charge is -2.04. The van der Waals surface area contributed by atoms with Crippen molar-refractivity contribution < 1.29 is 9.53 Å². The minimum absolute atomic E-state index is 0.647. The number of aldehydes is 1. The van der Waals surface area contributed by atoms with Gasteiger partial charge in [-0.2, -0.15) is 0 Å². The second-order valence-electron chi connectivity index (χ2n) is 4.68. The second-order valence-corrected chi connectivity index (χ2v) is 4.68. The standard InChI is InChI=1S/C16H24O2/c1-2-3-4-5-6-7-12-18-14-16-10-8-15(13-17)9-11-16/h8-11,13H,2-7,12,14H2,1H3. The Balaban J connectivity index is 2.01. The predicted octanol–water partition coefficient (Wildman–Crippen LogP) is 4.38. The molecule has 0 unspecified atom stereocenters. The SMILES string of the molecule is CCCCCCCCOCc1ccc(C=O)cc1.